The number of alkyl halides is 1. The van der Waals surface area contributed by atoms with Crippen LogP contribution in [0.1, 0.15) is 17.5 Å². The van der Waals surface area contributed by atoms with Gasteiger partial charge in [-0.3, -0.25) is 4.79 Å². The minimum atomic E-state index is -0.00324. The number of aryl methyl sites for hydroxylation is 2. The molecule has 0 aromatic heterocycles. The van der Waals surface area contributed by atoms with Crippen LogP contribution in [0.5, 0.6) is 0 Å². The normalized spacial score (nSPS) is 21.1. The lowest BCUT2D eigenvalue weighted by molar-refractivity contribution is -0.116. The van der Waals surface area contributed by atoms with E-state index in [4.69, 9.17) is 0 Å². The number of para-hydroxylation sites is 1. The molecule has 1 aromatic carbocycles. The van der Waals surface area contributed by atoms with Crippen LogP contribution in [-0.4, -0.2) is 17.3 Å². The number of hydrogen-bond donors (Lipinski definition) is 0. The van der Waals surface area contributed by atoms with E-state index in [-0.39, 0.29) is 10.7 Å². The molecule has 0 bridgehead atoms. The van der Waals surface area contributed by atoms with Crippen molar-refractivity contribution in [2.75, 3.05) is 11.4 Å². The fourth-order valence-electron chi connectivity index (χ4n) is 2.10. The van der Waals surface area contributed by atoms with Crippen molar-refractivity contribution in [1.29, 1.82) is 0 Å². The number of nitrogens with zero attached hydrogens (tertiary/aromatic N) is 1. The number of rotatable bonds is 1. The van der Waals surface area contributed by atoms with Crippen LogP contribution < -0.4 is 4.90 Å². The lowest BCUT2D eigenvalue weighted by Gasteiger charge is -2.20. The Balaban J connectivity index is 2.42. The SMILES string of the molecule is Cc1cccc(C)c1N1CCC(Br)C1=O. The third-order valence-corrected chi connectivity index (χ3v) is 3.70. The Bertz CT molecular complexity index is 382. The van der Waals surface area contributed by atoms with Gasteiger partial charge in [0.25, 0.3) is 0 Å². The molecule has 1 amide bonds. The number of anilines is 1. The van der Waals surface area contributed by atoms with Crippen molar-refractivity contribution >= 4 is 27.5 Å². The van der Waals surface area contributed by atoms with Gasteiger partial charge in [-0.2, -0.15) is 0 Å². The highest BCUT2D eigenvalue weighted by molar-refractivity contribution is 9.10. The summed E-state index contributed by atoms with van der Waals surface area (Å²) in [4.78, 5) is 13.8. The van der Waals surface area contributed by atoms with Gasteiger partial charge in [-0.1, -0.05) is 34.1 Å². The van der Waals surface area contributed by atoms with Crippen LogP contribution >= 0.6 is 15.9 Å². The molecule has 1 saturated heterocycles. The molecule has 1 aliphatic rings. The third kappa shape index (κ3) is 1.81. The van der Waals surface area contributed by atoms with Gasteiger partial charge in [0, 0.05) is 12.2 Å². The van der Waals surface area contributed by atoms with Crippen LogP contribution in [0.15, 0.2) is 18.2 Å². The van der Waals surface area contributed by atoms with Crippen molar-refractivity contribution in [1.82, 2.24) is 0 Å². The van der Waals surface area contributed by atoms with Gasteiger partial charge in [-0.15, -0.1) is 0 Å². The van der Waals surface area contributed by atoms with Gasteiger partial charge < -0.3 is 4.90 Å². The summed E-state index contributed by atoms with van der Waals surface area (Å²) >= 11 is 3.40. The predicted octanol–water partition coefficient (Wildman–Crippen LogP) is 2.80. The average molecular weight is 268 g/mol. The Kier molecular flexibility index (Phi) is 2.83. The van der Waals surface area contributed by atoms with E-state index in [1.807, 2.05) is 11.0 Å². The molecule has 3 heteroatoms. The molecular weight excluding hydrogens is 254 g/mol. The molecule has 0 radical (unpaired) electrons. The molecule has 2 nitrogen and oxygen atoms in total. The number of carbonyl (C=O) groups excluding carboxylic acids is 1. The zero-order valence-corrected chi connectivity index (χ0v) is 10.5. The third-order valence-electron chi connectivity index (χ3n) is 2.85. The summed E-state index contributed by atoms with van der Waals surface area (Å²) in [6, 6.07) is 6.13. The molecule has 1 heterocycles. The Labute approximate surface area is 98.4 Å². The highest BCUT2D eigenvalue weighted by atomic mass is 79.9. The van der Waals surface area contributed by atoms with Crippen molar-refractivity contribution in [2.24, 2.45) is 0 Å². The Hall–Kier alpha value is -0.830. The fraction of sp³-hybridized carbons (Fsp3) is 0.417. The molecule has 2 rings (SSSR count). The van der Waals surface area contributed by atoms with Crippen LogP contribution in [0, 0.1) is 13.8 Å². The maximum atomic E-state index is 11.9. The van der Waals surface area contributed by atoms with E-state index in [9.17, 15) is 4.79 Å². The largest absolute Gasteiger partial charge is 0.311 e. The first kappa shape index (κ1) is 10.7. The van der Waals surface area contributed by atoms with Gasteiger partial charge >= 0.3 is 0 Å². The predicted molar refractivity (Wildman–Crippen MR) is 65.6 cm³/mol. The number of benzene rings is 1. The molecule has 0 N–H and O–H groups in total. The van der Waals surface area contributed by atoms with Crippen LogP contribution in [0.3, 0.4) is 0 Å². The Morgan fingerprint density at radius 3 is 2.40 bits per heavy atom. The molecule has 0 saturated carbocycles. The van der Waals surface area contributed by atoms with E-state index in [1.165, 1.54) is 11.1 Å². The highest BCUT2D eigenvalue weighted by Crippen LogP contribution is 2.30. The molecule has 0 aliphatic carbocycles. The Morgan fingerprint density at radius 1 is 1.33 bits per heavy atom. The van der Waals surface area contributed by atoms with Gasteiger partial charge in [-0.05, 0) is 31.4 Å². The molecular formula is C12H14BrNO. The zero-order chi connectivity index (χ0) is 11.0. The summed E-state index contributed by atoms with van der Waals surface area (Å²) in [5, 5.41) is 0. The maximum Gasteiger partial charge on any atom is 0.240 e. The first-order valence-electron chi connectivity index (χ1n) is 5.13. The molecule has 1 aromatic rings. The smallest absolute Gasteiger partial charge is 0.240 e. The molecule has 1 fully saturated rings. The van der Waals surface area contributed by atoms with E-state index in [2.05, 4.69) is 41.9 Å². The molecule has 0 spiro atoms. The quantitative estimate of drug-likeness (QED) is 0.717. The van der Waals surface area contributed by atoms with E-state index in [0.717, 1.165) is 18.7 Å². The van der Waals surface area contributed by atoms with Gasteiger partial charge in [0.15, 0.2) is 0 Å². The molecule has 15 heavy (non-hydrogen) atoms. The molecule has 1 aliphatic heterocycles. The monoisotopic (exact) mass is 267 g/mol. The van der Waals surface area contributed by atoms with Crippen LogP contribution in [-0.2, 0) is 4.79 Å². The molecule has 1 atom stereocenters. The fourth-order valence-corrected chi connectivity index (χ4v) is 2.55. The number of hydrogen-bond acceptors (Lipinski definition) is 1. The van der Waals surface area contributed by atoms with Gasteiger partial charge in [-0.25, -0.2) is 0 Å². The first-order valence-corrected chi connectivity index (χ1v) is 6.04. The van der Waals surface area contributed by atoms with Crippen molar-refractivity contribution in [2.45, 2.75) is 25.1 Å². The van der Waals surface area contributed by atoms with Crippen molar-refractivity contribution in [3.05, 3.63) is 29.3 Å². The minimum Gasteiger partial charge on any atom is -0.311 e. The van der Waals surface area contributed by atoms with Crippen LogP contribution in [0.4, 0.5) is 5.69 Å². The number of carbonyl (C=O) groups is 1. The van der Waals surface area contributed by atoms with E-state index in [1.54, 1.807) is 0 Å². The van der Waals surface area contributed by atoms with E-state index < -0.39 is 0 Å². The lowest BCUT2D eigenvalue weighted by Crippen LogP contribution is -2.28. The van der Waals surface area contributed by atoms with Gasteiger partial charge in [0.05, 0.1) is 4.83 Å². The standard InChI is InChI=1S/C12H14BrNO/c1-8-4-3-5-9(2)11(8)14-7-6-10(13)12(14)15/h3-5,10H,6-7H2,1-2H3. The van der Waals surface area contributed by atoms with Crippen molar-refractivity contribution in [3.63, 3.8) is 0 Å². The summed E-state index contributed by atoms with van der Waals surface area (Å²) in [6.07, 6.45) is 0.895. The highest BCUT2D eigenvalue weighted by Gasteiger charge is 2.31. The summed E-state index contributed by atoms with van der Waals surface area (Å²) in [6.45, 7) is 4.93. The lowest BCUT2D eigenvalue weighted by atomic mass is 10.1. The second-order valence-electron chi connectivity index (χ2n) is 3.99. The van der Waals surface area contributed by atoms with Crippen molar-refractivity contribution in [3.8, 4) is 0 Å². The topological polar surface area (TPSA) is 20.3 Å². The maximum absolute atomic E-state index is 11.9. The molecule has 80 valence electrons. The van der Waals surface area contributed by atoms with Crippen LogP contribution in [0.25, 0.3) is 0 Å². The number of amides is 1. The first-order chi connectivity index (χ1) is 7.11. The number of halogens is 1. The molecule has 1 unspecified atom stereocenters. The average Bonchev–Trinajstić information content (AvgIpc) is 2.49. The van der Waals surface area contributed by atoms with Gasteiger partial charge in [0.2, 0.25) is 5.91 Å². The second kappa shape index (κ2) is 3.97. The summed E-state index contributed by atoms with van der Waals surface area (Å²) in [7, 11) is 0. The minimum absolute atomic E-state index is 0.00324. The van der Waals surface area contributed by atoms with Crippen molar-refractivity contribution < 1.29 is 4.79 Å². The van der Waals surface area contributed by atoms with E-state index in [0.29, 0.717) is 0 Å². The summed E-state index contributed by atoms with van der Waals surface area (Å²) < 4.78 is 0. The van der Waals surface area contributed by atoms with E-state index >= 15 is 0 Å². The Morgan fingerprint density at radius 2 is 1.93 bits per heavy atom. The summed E-state index contributed by atoms with van der Waals surface area (Å²) in [5.41, 5.74) is 3.43. The van der Waals surface area contributed by atoms with Gasteiger partial charge in [0.1, 0.15) is 0 Å². The van der Waals surface area contributed by atoms with Crippen LogP contribution in [0.2, 0.25) is 0 Å². The summed E-state index contributed by atoms with van der Waals surface area (Å²) in [5.74, 6) is 0.187. The second-order valence-corrected chi connectivity index (χ2v) is 5.09. The zero-order valence-electron chi connectivity index (χ0n) is 8.96.